The molecule has 0 unspecified atom stereocenters. The number of rotatable bonds is 3. The first-order chi connectivity index (χ1) is 11.2. The molecule has 0 radical (unpaired) electrons. The van der Waals surface area contributed by atoms with Gasteiger partial charge in [0, 0.05) is 44.0 Å². The molecule has 0 bridgehead atoms. The summed E-state index contributed by atoms with van der Waals surface area (Å²) in [6.45, 7) is 4.76. The maximum atomic E-state index is 12.5. The van der Waals surface area contributed by atoms with E-state index in [1.807, 2.05) is 36.1 Å². The Labute approximate surface area is 135 Å². The SMILES string of the molecule is COc1ccnc(N2CCN(C(=O)c3ccc(C)cc3)CC2)n1. The normalized spacial score (nSPS) is 14.7. The molecule has 6 heteroatoms. The van der Waals surface area contributed by atoms with E-state index < -0.39 is 0 Å². The molecule has 0 spiro atoms. The molecule has 1 amide bonds. The third-order valence-electron chi connectivity index (χ3n) is 3.97. The highest BCUT2D eigenvalue weighted by atomic mass is 16.5. The summed E-state index contributed by atoms with van der Waals surface area (Å²) in [5.74, 6) is 1.27. The van der Waals surface area contributed by atoms with E-state index >= 15 is 0 Å². The monoisotopic (exact) mass is 312 g/mol. The van der Waals surface area contributed by atoms with Crippen molar-refractivity contribution >= 4 is 11.9 Å². The molecular formula is C17H20N4O2. The lowest BCUT2D eigenvalue weighted by Gasteiger charge is -2.34. The van der Waals surface area contributed by atoms with Crippen molar-refractivity contribution in [3.63, 3.8) is 0 Å². The summed E-state index contributed by atoms with van der Waals surface area (Å²) in [6.07, 6.45) is 1.69. The van der Waals surface area contributed by atoms with Crippen LogP contribution >= 0.6 is 0 Å². The number of hydrogen-bond donors (Lipinski definition) is 0. The maximum Gasteiger partial charge on any atom is 0.253 e. The molecule has 1 fully saturated rings. The van der Waals surface area contributed by atoms with Crippen molar-refractivity contribution in [1.29, 1.82) is 0 Å². The molecule has 1 aliphatic heterocycles. The van der Waals surface area contributed by atoms with Gasteiger partial charge >= 0.3 is 0 Å². The maximum absolute atomic E-state index is 12.5. The van der Waals surface area contributed by atoms with Gasteiger partial charge in [-0.25, -0.2) is 4.98 Å². The number of ether oxygens (including phenoxy) is 1. The van der Waals surface area contributed by atoms with Crippen molar-refractivity contribution in [3.8, 4) is 5.88 Å². The predicted molar refractivity (Wildman–Crippen MR) is 87.9 cm³/mol. The first-order valence-electron chi connectivity index (χ1n) is 7.65. The van der Waals surface area contributed by atoms with Crippen LogP contribution in [0.4, 0.5) is 5.95 Å². The minimum atomic E-state index is 0.0798. The molecule has 120 valence electrons. The van der Waals surface area contributed by atoms with Gasteiger partial charge in [-0.05, 0) is 19.1 Å². The van der Waals surface area contributed by atoms with E-state index in [2.05, 4.69) is 14.9 Å². The first kappa shape index (κ1) is 15.3. The van der Waals surface area contributed by atoms with Gasteiger partial charge in [-0.2, -0.15) is 4.98 Å². The Hall–Kier alpha value is -2.63. The van der Waals surface area contributed by atoms with E-state index in [4.69, 9.17) is 4.74 Å². The molecule has 1 saturated heterocycles. The van der Waals surface area contributed by atoms with E-state index in [1.165, 1.54) is 0 Å². The van der Waals surface area contributed by atoms with E-state index in [0.717, 1.165) is 11.1 Å². The van der Waals surface area contributed by atoms with Gasteiger partial charge in [0.2, 0.25) is 11.8 Å². The highest BCUT2D eigenvalue weighted by Crippen LogP contribution is 2.16. The van der Waals surface area contributed by atoms with Crippen molar-refractivity contribution in [2.45, 2.75) is 6.92 Å². The number of aromatic nitrogens is 2. The average Bonchev–Trinajstić information content (AvgIpc) is 2.62. The zero-order valence-corrected chi connectivity index (χ0v) is 13.4. The molecule has 1 aromatic heterocycles. The van der Waals surface area contributed by atoms with Crippen molar-refractivity contribution in [1.82, 2.24) is 14.9 Å². The minimum absolute atomic E-state index is 0.0798. The quantitative estimate of drug-likeness (QED) is 0.864. The van der Waals surface area contributed by atoms with Gasteiger partial charge in [0.25, 0.3) is 5.91 Å². The van der Waals surface area contributed by atoms with Crippen molar-refractivity contribution in [3.05, 3.63) is 47.7 Å². The second-order valence-electron chi connectivity index (χ2n) is 5.54. The van der Waals surface area contributed by atoms with Gasteiger partial charge in [-0.1, -0.05) is 17.7 Å². The molecule has 0 saturated carbocycles. The largest absolute Gasteiger partial charge is 0.481 e. The highest BCUT2D eigenvalue weighted by Gasteiger charge is 2.23. The Kier molecular flexibility index (Phi) is 4.41. The number of nitrogens with zero attached hydrogens (tertiary/aromatic N) is 4. The van der Waals surface area contributed by atoms with Crippen LogP contribution < -0.4 is 9.64 Å². The smallest absolute Gasteiger partial charge is 0.253 e. The topological polar surface area (TPSA) is 58.6 Å². The fourth-order valence-electron chi connectivity index (χ4n) is 2.59. The summed E-state index contributed by atoms with van der Waals surface area (Å²) in [5.41, 5.74) is 1.89. The lowest BCUT2D eigenvalue weighted by Crippen LogP contribution is -2.49. The van der Waals surface area contributed by atoms with E-state index in [0.29, 0.717) is 38.0 Å². The Bertz CT molecular complexity index is 679. The first-order valence-corrected chi connectivity index (χ1v) is 7.65. The van der Waals surface area contributed by atoms with Gasteiger partial charge in [0.1, 0.15) is 0 Å². The van der Waals surface area contributed by atoms with Crippen LogP contribution in [-0.2, 0) is 0 Å². The third-order valence-corrected chi connectivity index (χ3v) is 3.97. The molecule has 1 aliphatic rings. The van der Waals surface area contributed by atoms with Crippen LogP contribution in [0.1, 0.15) is 15.9 Å². The zero-order chi connectivity index (χ0) is 16.2. The molecule has 1 aromatic carbocycles. The summed E-state index contributed by atoms with van der Waals surface area (Å²) in [4.78, 5) is 25.1. The summed E-state index contributed by atoms with van der Waals surface area (Å²) in [6, 6.07) is 9.42. The molecule has 2 heterocycles. The second-order valence-corrected chi connectivity index (χ2v) is 5.54. The Morgan fingerprint density at radius 2 is 1.78 bits per heavy atom. The number of amides is 1. The molecule has 0 aliphatic carbocycles. The summed E-state index contributed by atoms with van der Waals surface area (Å²) < 4.78 is 5.13. The van der Waals surface area contributed by atoms with Gasteiger partial charge < -0.3 is 14.5 Å². The fourth-order valence-corrected chi connectivity index (χ4v) is 2.59. The molecule has 6 nitrogen and oxygen atoms in total. The molecule has 0 N–H and O–H groups in total. The molecule has 0 atom stereocenters. The molecule has 23 heavy (non-hydrogen) atoms. The third kappa shape index (κ3) is 3.41. The number of anilines is 1. The van der Waals surface area contributed by atoms with Crippen LogP contribution in [0.25, 0.3) is 0 Å². The predicted octanol–water partition coefficient (Wildman–Crippen LogP) is 1.76. The van der Waals surface area contributed by atoms with Crippen LogP contribution in [0.3, 0.4) is 0 Å². The number of carbonyl (C=O) groups is 1. The lowest BCUT2D eigenvalue weighted by atomic mass is 10.1. The molecular weight excluding hydrogens is 292 g/mol. The molecule has 3 rings (SSSR count). The minimum Gasteiger partial charge on any atom is -0.481 e. The Morgan fingerprint density at radius 1 is 1.09 bits per heavy atom. The van der Waals surface area contributed by atoms with Crippen molar-refractivity contribution < 1.29 is 9.53 Å². The van der Waals surface area contributed by atoms with Gasteiger partial charge in [-0.15, -0.1) is 0 Å². The number of hydrogen-bond acceptors (Lipinski definition) is 5. The lowest BCUT2D eigenvalue weighted by molar-refractivity contribution is 0.0746. The standard InChI is InChI=1S/C17H20N4O2/c1-13-3-5-14(6-4-13)16(22)20-9-11-21(12-10-20)17-18-8-7-15(19-17)23-2/h3-8H,9-12H2,1-2H3. The fraction of sp³-hybridized carbons (Fsp3) is 0.353. The number of benzene rings is 1. The van der Waals surface area contributed by atoms with Gasteiger partial charge in [-0.3, -0.25) is 4.79 Å². The van der Waals surface area contributed by atoms with E-state index in [9.17, 15) is 4.79 Å². The van der Waals surface area contributed by atoms with E-state index in [1.54, 1.807) is 19.4 Å². The zero-order valence-electron chi connectivity index (χ0n) is 13.4. The Balaban J connectivity index is 1.63. The highest BCUT2D eigenvalue weighted by molar-refractivity contribution is 5.94. The Morgan fingerprint density at radius 3 is 2.43 bits per heavy atom. The number of aryl methyl sites for hydroxylation is 1. The number of carbonyl (C=O) groups excluding carboxylic acids is 1. The van der Waals surface area contributed by atoms with Crippen LogP contribution in [0.2, 0.25) is 0 Å². The average molecular weight is 312 g/mol. The molecule has 2 aromatic rings. The van der Waals surface area contributed by atoms with Crippen LogP contribution in [0.15, 0.2) is 36.5 Å². The number of piperazine rings is 1. The van der Waals surface area contributed by atoms with Crippen LogP contribution in [0, 0.1) is 6.92 Å². The van der Waals surface area contributed by atoms with Crippen LogP contribution in [-0.4, -0.2) is 54.1 Å². The van der Waals surface area contributed by atoms with Gasteiger partial charge in [0.05, 0.1) is 7.11 Å². The summed E-state index contributed by atoms with van der Waals surface area (Å²) in [5, 5.41) is 0. The van der Waals surface area contributed by atoms with Crippen molar-refractivity contribution in [2.75, 3.05) is 38.2 Å². The summed E-state index contributed by atoms with van der Waals surface area (Å²) in [7, 11) is 1.59. The van der Waals surface area contributed by atoms with E-state index in [-0.39, 0.29) is 5.91 Å². The van der Waals surface area contributed by atoms with Crippen LogP contribution in [0.5, 0.6) is 5.88 Å². The summed E-state index contributed by atoms with van der Waals surface area (Å²) >= 11 is 0. The van der Waals surface area contributed by atoms with Crippen molar-refractivity contribution in [2.24, 2.45) is 0 Å². The van der Waals surface area contributed by atoms with Gasteiger partial charge in [0.15, 0.2) is 0 Å². The second kappa shape index (κ2) is 6.64. The number of methoxy groups -OCH3 is 1.